The quantitative estimate of drug-likeness (QED) is 0.455. The molecule has 0 fully saturated rings. The monoisotopic (exact) mass is 429 g/mol. The van der Waals surface area contributed by atoms with E-state index in [9.17, 15) is 13.2 Å². The standard InChI is InChI=1S/C21H20ClN3O3S/c1-13(2)29(27,28)17-12-8-7-11-16(17)24-20-18(14(3)23-21(22)25-20)19(26)15-9-5-4-6-10-15/h4-13H,1-3H3,(H,23,24,25). The molecule has 1 heterocycles. The highest BCUT2D eigenvalue weighted by molar-refractivity contribution is 7.92. The largest absolute Gasteiger partial charge is 0.338 e. The van der Waals surface area contributed by atoms with Crippen molar-refractivity contribution in [1.82, 2.24) is 9.97 Å². The van der Waals surface area contributed by atoms with Crippen LogP contribution in [0.25, 0.3) is 0 Å². The molecule has 8 heteroatoms. The van der Waals surface area contributed by atoms with Crippen molar-refractivity contribution in [2.24, 2.45) is 0 Å². The van der Waals surface area contributed by atoms with Crippen LogP contribution in [0.1, 0.15) is 35.5 Å². The van der Waals surface area contributed by atoms with Gasteiger partial charge in [-0.3, -0.25) is 4.79 Å². The minimum atomic E-state index is -3.56. The van der Waals surface area contributed by atoms with E-state index in [1.54, 1.807) is 63.2 Å². The van der Waals surface area contributed by atoms with Gasteiger partial charge in [-0.15, -0.1) is 0 Å². The molecule has 0 aliphatic carbocycles. The average Bonchev–Trinajstić information content (AvgIpc) is 2.68. The molecule has 0 aliphatic heterocycles. The minimum Gasteiger partial charge on any atom is -0.338 e. The zero-order chi connectivity index (χ0) is 21.2. The molecule has 0 saturated carbocycles. The summed E-state index contributed by atoms with van der Waals surface area (Å²) in [7, 11) is -3.56. The fourth-order valence-corrected chi connectivity index (χ4v) is 4.25. The second-order valence-electron chi connectivity index (χ2n) is 6.71. The van der Waals surface area contributed by atoms with Crippen LogP contribution in [0.4, 0.5) is 11.5 Å². The maximum atomic E-state index is 13.1. The normalized spacial score (nSPS) is 11.5. The van der Waals surface area contributed by atoms with Crippen molar-refractivity contribution in [3.8, 4) is 0 Å². The van der Waals surface area contributed by atoms with Gasteiger partial charge < -0.3 is 5.32 Å². The van der Waals surface area contributed by atoms with E-state index in [4.69, 9.17) is 11.6 Å². The second kappa shape index (κ2) is 8.31. The molecule has 6 nitrogen and oxygen atoms in total. The minimum absolute atomic E-state index is 0.0428. The van der Waals surface area contributed by atoms with Crippen LogP contribution >= 0.6 is 11.6 Å². The third kappa shape index (κ3) is 4.31. The Bertz CT molecular complexity index is 1160. The van der Waals surface area contributed by atoms with E-state index in [2.05, 4.69) is 15.3 Å². The first-order chi connectivity index (χ1) is 13.7. The summed E-state index contributed by atoms with van der Waals surface area (Å²) < 4.78 is 25.5. The molecule has 0 amide bonds. The Labute approximate surface area is 174 Å². The molecule has 2 aromatic carbocycles. The van der Waals surface area contributed by atoms with Crippen LogP contribution in [0, 0.1) is 6.92 Å². The Kier molecular flexibility index (Phi) is 6.00. The summed E-state index contributed by atoms with van der Waals surface area (Å²) in [6.07, 6.45) is 0. The summed E-state index contributed by atoms with van der Waals surface area (Å²) in [6.45, 7) is 4.88. The van der Waals surface area contributed by atoms with Gasteiger partial charge in [0.15, 0.2) is 15.6 Å². The van der Waals surface area contributed by atoms with E-state index in [1.807, 2.05) is 6.07 Å². The van der Waals surface area contributed by atoms with E-state index < -0.39 is 15.1 Å². The molecule has 0 aliphatic rings. The van der Waals surface area contributed by atoms with E-state index in [1.165, 1.54) is 6.07 Å². The molecule has 0 radical (unpaired) electrons. The predicted molar refractivity (Wildman–Crippen MR) is 114 cm³/mol. The van der Waals surface area contributed by atoms with Gasteiger partial charge >= 0.3 is 0 Å². The lowest BCUT2D eigenvalue weighted by Gasteiger charge is -2.16. The van der Waals surface area contributed by atoms with Crippen molar-refractivity contribution in [2.45, 2.75) is 30.9 Å². The van der Waals surface area contributed by atoms with Crippen molar-refractivity contribution in [1.29, 1.82) is 0 Å². The van der Waals surface area contributed by atoms with Gasteiger partial charge in [0.2, 0.25) is 5.28 Å². The highest BCUT2D eigenvalue weighted by Crippen LogP contribution is 2.30. The van der Waals surface area contributed by atoms with Crippen LogP contribution < -0.4 is 5.32 Å². The summed E-state index contributed by atoms with van der Waals surface area (Å²) in [5.41, 5.74) is 1.41. The highest BCUT2D eigenvalue weighted by atomic mass is 35.5. The van der Waals surface area contributed by atoms with Gasteiger partial charge in [0.05, 0.1) is 27.1 Å². The number of para-hydroxylation sites is 1. The van der Waals surface area contributed by atoms with Crippen LogP contribution in [-0.2, 0) is 9.84 Å². The third-order valence-corrected chi connectivity index (χ3v) is 6.77. The maximum Gasteiger partial charge on any atom is 0.224 e. The summed E-state index contributed by atoms with van der Waals surface area (Å²) >= 11 is 6.03. The molecule has 0 unspecified atom stereocenters. The first kappa shape index (κ1) is 21.0. The summed E-state index contributed by atoms with van der Waals surface area (Å²) in [5.74, 6) is -0.130. The number of hydrogen-bond acceptors (Lipinski definition) is 6. The zero-order valence-corrected chi connectivity index (χ0v) is 17.8. The van der Waals surface area contributed by atoms with Crippen LogP contribution in [0.3, 0.4) is 0 Å². The van der Waals surface area contributed by atoms with E-state index in [-0.39, 0.29) is 27.3 Å². The smallest absolute Gasteiger partial charge is 0.224 e. The third-order valence-electron chi connectivity index (χ3n) is 4.39. The number of nitrogens with zero attached hydrogens (tertiary/aromatic N) is 2. The number of ketones is 1. The molecule has 0 saturated heterocycles. The van der Waals surface area contributed by atoms with Crippen LogP contribution in [0.5, 0.6) is 0 Å². The van der Waals surface area contributed by atoms with Gasteiger partial charge in [0.25, 0.3) is 0 Å². The van der Waals surface area contributed by atoms with Gasteiger partial charge in [-0.25, -0.2) is 13.4 Å². The fraction of sp³-hybridized carbons (Fsp3) is 0.190. The lowest BCUT2D eigenvalue weighted by molar-refractivity contribution is 0.103. The number of hydrogen-bond donors (Lipinski definition) is 1. The molecule has 150 valence electrons. The number of nitrogens with one attached hydrogen (secondary N) is 1. The first-order valence-corrected chi connectivity index (χ1v) is 10.9. The Morgan fingerprint density at radius 1 is 1.00 bits per heavy atom. The number of rotatable bonds is 6. The zero-order valence-electron chi connectivity index (χ0n) is 16.2. The number of aryl methyl sites for hydroxylation is 1. The van der Waals surface area contributed by atoms with Crippen molar-refractivity contribution in [3.05, 3.63) is 76.7 Å². The van der Waals surface area contributed by atoms with E-state index in [0.29, 0.717) is 16.9 Å². The van der Waals surface area contributed by atoms with Crippen molar-refractivity contribution >= 4 is 38.7 Å². The number of carbonyl (C=O) groups excluding carboxylic acids is 1. The molecule has 0 spiro atoms. The first-order valence-electron chi connectivity index (χ1n) is 8.95. The van der Waals surface area contributed by atoms with Crippen molar-refractivity contribution < 1.29 is 13.2 Å². The van der Waals surface area contributed by atoms with Crippen LogP contribution in [0.2, 0.25) is 5.28 Å². The summed E-state index contributed by atoms with van der Waals surface area (Å²) in [5, 5.41) is 2.35. The lowest BCUT2D eigenvalue weighted by atomic mass is 10.0. The number of halogens is 1. The molecule has 0 atom stereocenters. The van der Waals surface area contributed by atoms with Crippen LogP contribution in [-0.4, -0.2) is 29.4 Å². The molecule has 0 bridgehead atoms. The number of anilines is 2. The van der Waals surface area contributed by atoms with Crippen molar-refractivity contribution in [3.63, 3.8) is 0 Å². The predicted octanol–water partition coefficient (Wildman–Crippen LogP) is 4.60. The Morgan fingerprint density at radius 2 is 1.62 bits per heavy atom. The van der Waals surface area contributed by atoms with E-state index in [0.717, 1.165) is 0 Å². The molecule has 1 N–H and O–H groups in total. The topological polar surface area (TPSA) is 89.0 Å². The maximum absolute atomic E-state index is 13.1. The molecule has 1 aromatic heterocycles. The van der Waals surface area contributed by atoms with Crippen molar-refractivity contribution in [2.75, 3.05) is 5.32 Å². The number of carbonyl (C=O) groups is 1. The second-order valence-corrected chi connectivity index (χ2v) is 9.52. The molecule has 3 rings (SSSR count). The molecule has 3 aromatic rings. The summed E-state index contributed by atoms with van der Waals surface area (Å²) in [4.78, 5) is 21.5. The van der Waals surface area contributed by atoms with Gasteiger partial charge in [0, 0.05) is 5.56 Å². The SMILES string of the molecule is Cc1nc(Cl)nc(Nc2ccccc2S(=O)(=O)C(C)C)c1C(=O)c1ccccc1. The molecular formula is C21H20ClN3O3S. The lowest BCUT2D eigenvalue weighted by Crippen LogP contribution is -2.17. The Hall–Kier alpha value is -2.77. The highest BCUT2D eigenvalue weighted by Gasteiger charge is 2.25. The fourth-order valence-electron chi connectivity index (χ4n) is 2.83. The van der Waals surface area contributed by atoms with Gasteiger partial charge in [-0.2, -0.15) is 4.98 Å². The average molecular weight is 430 g/mol. The molecule has 29 heavy (non-hydrogen) atoms. The van der Waals surface area contributed by atoms with Crippen LogP contribution in [0.15, 0.2) is 59.5 Å². The van der Waals surface area contributed by atoms with Gasteiger partial charge in [-0.1, -0.05) is 42.5 Å². The van der Waals surface area contributed by atoms with Gasteiger partial charge in [0.1, 0.15) is 5.82 Å². The number of aromatic nitrogens is 2. The number of benzene rings is 2. The molecular weight excluding hydrogens is 410 g/mol. The Balaban J connectivity index is 2.14. The van der Waals surface area contributed by atoms with E-state index >= 15 is 0 Å². The Morgan fingerprint density at radius 3 is 2.28 bits per heavy atom. The van der Waals surface area contributed by atoms with Gasteiger partial charge in [-0.05, 0) is 44.5 Å². The summed E-state index contributed by atoms with van der Waals surface area (Å²) in [6, 6.07) is 15.2. The number of sulfone groups is 1.